The first-order chi connectivity index (χ1) is 13.5. The number of aryl methyl sites for hydroxylation is 1. The highest BCUT2D eigenvalue weighted by Gasteiger charge is 2.20. The smallest absolute Gasteiger partial charge is 0.274 e. The highest BCUT2D eigenvalue weighted by molar-refractivity contribution is 5.94. The van der Waals surface area contributed by atoms with Crippen LogP contribution in [0, 0.1) is 0 Å². The Morgan fingerprint density at radius 3 is 2.93 bits per heavy atom. The minimum absolute atomic E-state index is 0.173. The summed E-state index contributed by atoms with van der Waals surface area (Å²) in [4.78, 5) is 19.0. The number of anilines is 1. The van der Waals surface area contributed by atoms with Gasteiger partial charge in [-0.15, -0.1) is 10.2 Å². The van der Waals surface area contributed by atoms with Gasteiger partial charge in [0.15, 0.2) is 5.82 Å². The fraction of sp³-hybridized carbons (Fsp3) is 0.300. The topological polar surface area (TPSA) is 102 Å². The molecule has 2 aromatic rings. The van der Waals surface area contributed by atoms with E-state index < -0.39 is 0 Å². The number of carbonyl (C=O) groups is 1. The molecule has 8 nitrogen and oxygen atoms in total. The predicted molar refractivity (Wildman–Crippen MR) is 109 cm³/mol. The van der Waals surface area contributed by atoms with Gasteiger partial charge in [-0.25, -0.2) is 0 Å². The van der Waals surface area contributed by atoms with Gasteiger partial charge >= 0.3 is 0 Å². The van der Waals surface area contributed by atoms with E-state index in [9.17, 15) is 4.79 Å². The van der Waals surface area contributed by atoms with Gasteiger partial charge in [0, 0.05) is 49.3 Å². The van der Waals surface area contributed by atoms with Crippen LogP contribution < -0.4 is 16.0 Å². The number of nitrogens with zero attached hydrogens (tertiary/aromatic N) is 5. The number of aromatic nitrogens is 4. The standard InChI is InChI=1S/C20H25N7O/c1-4-5-15(19-25-23-13-26(19)3)10-14(2)24-20(28)18-11-17(6-8-22-18)27-9-7-16(21)12-27/h4-6,8,10-11,13,16H,1,7,9,12,21H2,2-3H3,(H,24,28)/b14-10+,15-5+. The molecule has 1 saturated heterocycles. The molecule has 1 aliphatic heterocycles. The van der Waals surface area contributed by atoms with Gasteiger partial charge in [0.25, 0.3) is 5.91 Å². The number of pyridine rings is 1. The van der Waals surface area contributed by atoms with E-state index in [-0.39, 0.29) is 11.9 Å². The van der Waals surface area contributed by atoms with E-state index in [1.54, 1.807) is 29.2 Å². The molecule has 2 aromatic heterocycles. The molecule has 0 aromatic carbocycles. The molecule has 28 heavy (non-hydrogen) atoms. The summed E-state index contributed by atoms with van der Waals surface area (Å²) in [7, 11) is 1.85. The van der Waals surface area contributed by atoms with E-state index in [4.69, 9.17) is 5.73 Å². The summed E-state index contributed by atoms with van der Waals surface area (Å²) in [6, 6.07) is 3.87. The fourth-order valence-electron chi connectivity index (χ4n) is 3.13. The van der Waals surface area contributed by atoms with E-state index >= 15 is 0 Å². The van der Waals surface area contributed by atoms with E-state index in [1.165, 1.54) is 0 Å². The summed E-state index contributed by atoms with van der Waals surface area (Å²) in [6.45, 7) is 7.23. The Kier molecular flexibility index (Phi) is 6.00. The molecule has 0 radical (unpaired) electrons. The third-order valence-electron chi connectivity index (χ3n) is 4.52. The second-order valence-electron chi connectivity index (χ2n) is 6.80. The first kappa shape index (κ1) is 19.5. The lowest BCUT2D eigenvalue weighted by atomic mass is 10.2. The largest absolute Gasteiger partial charge is 0.370 e. The first-order valence-corrected chi connectivity index (χ1v) is 9.11. The minimum Gasteiger partial charge on any atom is -0.370 e. The fourth-order valence-corrected chi connectivity index (χ4v) is 3.13. The molecule has 146 valence electrons. The van der Waals surface area contributed by atoms with Crippen molar-refractivity contribution in [3.8, 4) is 0 Å². The van der Waals surface area contributed by atoms with Crippen LogP contribution in [-0.4, -0.2) is 44.8 Å². The maximum absolute atomic E-state index is 12.6. The van der Waals surface area contributed by atoms with Crippen LogP contribution in [-0.2, 0) is 7.05 Å². The number of hydrogen-bond donors (Lipinski definition) is 2. The van der Waals surface area contributed by atoms with Crippen molar-refractivity contribution in [3.05, 3.63) is 66.7 Å². The lowest BCUT2D eigenvalue weighted by Gasteiger charge is -2.18. The maximum Gasteiger partial charge on any atom is 0.274 e. The average Bonchev–Trinajstić information content (AvgIpc) is 3.29. The summed E-state index contributed by atoms with van der Waals surface area (Å²) in [5.74, 6) is 0.411. The molecule has 1 unspecified atom stereocenters. The summed E-state index contributed by atoms with van der Waals surface area (Å²) in [5.41, 5.74) is 8.76. The number of rotatable bonds is 6. The third kappa shape index (κ3) is 4.52. The van der Waals surface area contributed by atoms with Gasteiger partial charge in [-0.05, 0) is 31.6 Å². The molecule has 3 N–H and O–H groups in total. The normalized spacial score (nSPS) is 17.7. The van der Waals surface area contributed by atoms with Crippen LogP contribution in [0.4, 0.5) is 5.69 Å². The number of hydrogen-bond acceptors (Lipinski definition) is 6. The number of amides is 1. The summed E-state index contributed by atoms with van der Waals surface area (Å²) >= 11 is 0. The van der Waals surface area contributed by atoms with Crippen LogP contribution in [0.25, 0.3) is 5.57 Å². The molecule has 8 heteroatoms. The summed E-state index contributed by atoms with van der Waals surface area (Å²) in [5, 5.41) is 10.9. The Morgan fingerprint density at radius 1 is 1.46 bits per heavy atom. The van der Waals surface area contributed by atoms with Gasteiger partial charge in [-0.3, -0.25) is 9.78 Å². The van der Waals surface area contributed by atoms with E-state index in [0.29, 0.717) is 17.2 Å². The van der Waals surface area contributed by atoms with E-state index in [0.717, 1.165) is 30.8 Å². The summed E-state index contributed by atoms with van der Waals surface area (Å²) < 4.78 is 1.80. The minimum atomic E-state index is -0.269. The molecule has 3 rings (SSSR count). The molecule has 3 heterocycles. The molecule has 0 bridgehead atoms. The van der Waals surface area contributed by atoms with Crippen molar-refractivity contribution in [2.45, 2.75) is 19.4 Å². The SMILES string of the molecule is C=C/C=C(\C=C(/C)NC(=O)c1cc(N2CCC(N)C2)ccn1)c1nncn1C. The van der Waals surface area contributed by atoms with Gasteiger partial charge in [-0.2, -0.15) is 0 Å². The van der Waals surface area contributed by atoms with Crippen molar-refractivity contribution < 1.29 is 4.79 Å². The summed E-state index contributed by atoms with van der Waals surface area (Å²) in [6.07, 6.45) is 9.53. The Morgan fingerprint density at radius 2 is 2.29 bits per heavy atom. The van der Waals surface area contributed by atoms with Crippen molar-refractivity contribution in [3.63, 3.8) is 0 Å². The van der Waals surface area contributed by atoms with Crippen LogP contribution >= 0.6 is 0 Å². The highest BCUT2D eigenvalue weighted by Crippen LogP contribution is 2.20. The molecule has 1 amide bonds. The number of nitrogens with one attached hydrogen (secondary N) is 1. The zero-order valence-corrected chi connectivity index (χ0v) is 16.2. The first-order valence-electron chi connectivity index (χ1n) is 9.11. The Hall–Kier alpha value is -3.26. The van der Waals surface area contributed by atoms with Crippen LogP contribution in [0.3, 0.4) is 0 Å². The Bertz CT molecular complexity index is 928. The number of allylic oxidation sites excluding steroid dienone is 5. The number of nitrogens with two attached hydrogens (primary N) is 1. The van der Waals surface area contributed by atoms with Gasteiger partial charge in [0.1, 0.15) is 12.0 Å². The van der Waals surface area contributed by atoms with Crippen molar-refractivity contribution >= 4 is 17.2 Å². The predicted octanol–water partition coefficient (Wildman–Crippen LogP) is 1.65. The quantitative estimate of drug-likeness (QED) is 0.740. The van der Waals surface area contributed by atoms with Crippen molar-refractivity contribution in [1.82, 2.24) is 25.1 Å². The monoisotopic (exact) mass is 379 g/mol. The van der Waals surface area contributed by atoms with Crippen molar-refractivity contribution in [2.24, 2.45) is 12.8 Å². The lowest BCUT2D eigenvalue weighted by molar-refractivity contribution is 0.0961. The van der Waals surface area contributed by atoms with Crippen LogP contribution in [0.15, 0.2) is 55.2 Å². The zero-order chi connectivity index (χ0) is 20.1. The third-order valence-corrected chi connectivity index (χ3v) is 4.52. The molecule has 1 aliphatic rings. The zero-order valence-electron chi connectivity index (χ0n) is 16.2. The van der Waals surface area contributed by atoms with Crippen LogP contribution in [0.1, 0.15) is 29.7 Å². The molecular weight excluding hydrogens is 354 g/mol. The van der Waals surface area contributed by atoms with Crippen molar-refractivity contribution in [2.75, 3.05) is 18.0 Å². The van der Waals surface area contributed by atoms with Crippen molar-refractivity contribution in [1.29, 1.82) is 0 Å². The van der Waals surface area contributed by atoms with Gasteiger partial charge < -0.3 is 20.5 Å². The lowest BCUT2D eigenvalue weighted by Crippen LogP contribution is -2.27. The average molecular weight is 379 g/mol. The van der Waals surface area contributed by atoms with Gasteiger partial charge in [0.05, 0.1) is 0 Å². The highest BCUT2D eigenvalue weighted by atomic mass is 16.1. The van der Waals surface area contributed by atoms with E-state index in [1.807, 2.05) is 32.2 Å². The molecular formula is C20H25N7O. The van der Waals surface area contributed by atoms with Gasteiger partial charge in [-0.1, -0.05) is 18.7 Å². The molecule has 1 fully saturated rings. The second-order valence-corrected chi connectivity index (χ2v) is 6.80. The van der Waals surface area contributed by atoms with Crippen LogP contribution in [0.5, 0.6) is 0 Å². The van der Waals surface area contributed by atoms with Gasteiger partial charge in [0.2, 0.25) is 0 Å². The van der Waals surface area contributed by atoms with E-state index in [2.05, 4.69) is 32.0 Å². The molecule has 0 spiro atoms. The van der Waals surface area contributed by atoms with Crippen LogP contribution in [0.2, 0.25) is 0 Å². The molecule has 0 saturated carbocycles. The maximum atomic E-state index is 12.6. The second kappa shape index (κ2) is 8.62. The molecule has 0 aliphatic carbocycles. The molecule has 1 atom stereocenters. The number of carbonyl (C=O) groups excluding carboxylic acids is 1. The Labute approximate surface area is 164 Å². The Balaban J connectivity index is 1.75.